The molecular weight excluding hydrogens is 394 g/mol. The van der Waals surface area contributed by atoms with Gasteiger partial charge in [-0.3, -0.25) is 4.79 Å². The Labute approximate surface area is 175 Å². The quantitative estimate of drug-likeness (QED) is 0.710. The van der Waals surface area contributed by atoms with Gasteiger partial charge in [0.25, 0.3) is 0 Å². The molecule has 6 unspecified atom stereocenters. The molecule has 0 aliphatic carbocycles. The molecule has 30 heavy (non-hydrogen) atoms. The fourth-order valence-electron chi connectivity index (χ4n) is 3.59. The highest BCUT2D eigenvalue weighted by Crippen LogP contribution is 2.35. The predicted octanol–water partition coefficient (Wildman–Crippen LogP) is 1.61. The van der Waals surface area contributed by atoms with E-state index in [1.807, 2.05) is 25.1 Å². The molecule has 0 saturated carbocycles. The van der Waals surface area contributed by atoms with Crippen molar-refractivity contribution in [3.05, 3.63) is 29.8 Å². The smallest absolute Gasteiger partial charge is 0.332 e. The number of carboxylic acid groups (broad SMARTS) is 1. The van der Waals surface area contributed by atoms with Crippen LogP contribution in [0.25, 0.3) is 0 Å². The van der Waals surface area contributed by atoms with Crippen LogP contribution in [0.15, 0.2) is 24.3 Å². The maximum atomic E-state index is 12.0. The number of nitrogens with one attached hydrogen (secondary N) is 1. The highest BCUT2D eigenvalue weighted by Gasteiger charge is 2.54. The van der Waals surface area contributed by atoms with E-state index in [0.717, 1.165) is 5.56 Å². The molecule has 166 valence electrons. The van der Waals surface area contributed by atoms with E-state index in [4.69, 9.17) is 23.7 Å². The van der Waals surface area contributed by atoms with E-state index in [-0.39, 0.29) is 12.5 Å². The SMILES string of the molecule is CC(=O)NC1C(Oc2cccc(C)c2)OC2COC(C)(C)OC2C1OC(C)C(=O)O. The van der Waals surface area contributed by atoms with Gasteiger partial charge in [-0.15, -0.1) is 0 Å². The highest BCUT2D eigenvalue weighted by atomic mass is 16.8. The molecule has 9 heteroatoms. The van der Waals surface area contributed by atoms with Gasteiger partial charge in [-0.2, -0.15) is 0 Å². The third-order valence-electron chi connectivity index (χ3n) is 4.98. The fourth-order valence-corrected chi connectivity index (χ4v) is 3.59. The summed E-state index contributed by atoms with van der Waals surface area (Å²) in [4.78, 5) is 23.4. The molecule has 2 heterocycles. The lowest BCUT2D eigenvalue weighted by molar-refractivity contribution is -0.366. The normalized spacial score (nSPS) is 31.3. The second kappa shape index (κ2) is 8.89. The summed E-state index contributed by atoms with van der Waals surface area (Å²) in [6, 6.07) is 6.59. The zero-order valence-corrected chi connectivity index (χ0v) is 17.8. The summed E-state index contributed by atoms with van der Waals surface area (Å²) in [5.74, 6) is -1.81. The first kappa shape index (κ1) is 22.5. The van der Waals surface area contributed by atoms with Crippen molar-refractivity contribution in [2.24, 2.45) is 0 Å². The van der Waals surface area contributed by atoms with Gasteiger partial charge in [-0.1, -0.05) is 12.1 Å². The molecule has 2 N–H and O–H groups in total. The number of carboxylic acids is 1. The molecule has 1 aromatic carbocycles. The standard InChI is InChI=1S/C21H29NO8/c1-11-7-6-8-14(9-11)28-20-16(22-13(3)23)18(27-12(2)19(24)25)17-15(29-20)10-26-21(4,5)30-17/h6-9,12,15-18,20H,10H2,1-5H3,(H,22,23)(H,24,25). The molecule has 3 rings (SSSR count). The molecule has 6 atom stereocenters. The van der Waals surface area contributed by atoms with Crippen LogP contribution >= 0.6 is 0 Å². The number of amides is 1. The van der Waals surface area contributed by atoms with Gasteiger partial charge in [0.1, 0.15) is 30.1 Å². The number of carbonyl (C=O) groups is 2. The number of ether oxygens (including phenoxy) is 5. The molecule has 1 aromatic rings. The topological polar surface area (TPSA) is 113 Å². The molecule has 0 bridgehead atoms. The summed E-state index contributed by atoms with van der Waals surface area (Å²) in [5, 5.41) is 12.2. The lowest BCUT2D eigenvalue weighted by Crippen LogP contribution is -2.70. The summed E-state index contributed by atoms with van der Waals surface area (Å²) in [6.45, 7) is 8.44. The Hall–Kier alpha value is -2.20. The van der Waals surface area contributed by atoms with E-state index in [0.29, 0.717) is 5.75 Å². The van der Waals surface area contributed by atoms with Crippen molar-refractivity contribution in [2.45, 2.75) is 77.2 Å². The largest absolute Gasteiger partial charge is 0.479 e. The van der Waals surface area contributed by atoms with Crippen molar-refractivity contribution < 1.29 is 38.4 Å². The zero-order valence-electron chi connectivity index (χ0n) is 17.8. The number of hydrogen-bond acceptors (Lipinski definition) is 7. The van der Waals surface area contributed by atoms with Crippen LogP contribution in [0.3, 0.4) is 0 Å². The number of rotatable bonds is 6. The Morgan fingerprint density at radius 3 is 2.70 bits per heavy atom. The number of carbonyl (C=O) groups excluding carboxylic acids is 1. The van der Waals surface area contributed by atoms with Crippen LogP contribution in [-0.2, 0) is 28.5 Å². The van der Waals surface area contributed by atoms with Crippen LogP contribution in [0.5, 0.6) is 5.75 Å². The third-order valence-corrected chi connectivity index (χ3v) is 4.98. The number of aliphatic carboxylic acids is 1. The van der Waals surface area contributed by atoms with Gasteiger partial charge < -0.3 is 34.1 Å². The van der Waals surface area contributed by atoms with Crippen molar-refractivity contribution >= 4 is 11.9 Å². The number of fused-ring (bicyclic) bond motifs is 1. The van der Waals surface area contributed by atoms with E-state index in [9.17, 15) is 14.7 Å². The van der Waals surface area contributed by atoms with E-state index < -0.39 is 48.5 Å². The van der Waals surface area contributed by atoms with Crippen LogP contribution in [0.1, 0.15) is 33.3 Å². The molecule has 0 radical (unpaired) electrons. The maximum absolute atomic E-state index is 12.0. The summed E-state index contributed by atoms with van der Waals surface area (Å²) >= 11 is 0. The first-order valence-electron chi connectivity index (χ1n) is 9.91. The molecular formula is C21H29NO8. The first-order chi connectivity index (χ1) is 14.1. The van der Waals surface area contributed by atoms with Crippen molar-refractivity contribution in [3.63, 3.8) is 0 Å². The predicted molar refractivity (Wildman–Crippen MR) is 105 cm³/mol. The van der Waals surface area contributed by atoms with Crippen molar-refractivity contribution in [1.82, 2.24) is 5.32 Å². The van der Waals surface area contributed by atoms with Crippen molar-refractivity contribution in [1.29, 1.82) is 0 Å². The minimum atomic E-state index is -1.13. The summed E-state index contributed by atoms with van der Waals surface area (Å²) < 4.78 is 29.7. The Bertz CT molecular complexity index is 782. The van der Waals surface area contributed by atoms with Gasteiger partial charge in [0.05, 0.1) is 6.61 Å². The summed E-state index contributed by atoms with van der Waals surface area (Å²) in [5.41, 5.74) is 0.996. The van der Waals surface area contributed by atoms with E-state index >= 15 is 0 Å². The van der Waals surface area contributed by atoms with Crippen LogP contribution < -0.4 is 10.1 Å². The number of aryl methyl sites for hydroxylation is 1. The van der Waals surface area contributed by atoms with Crippen molar-refractivity contribution in [2.75, 3.05) is 6.61 Å². The molecule has 9 nitrogen and oxygen atoms in total. The maximum Gasteiger partial charge on any atom is 0.332 e. The highest BCUT2D eigenvalue weighted by molar-refractivity contribution is 5.73. The Morgan fingerprint density at radius 2 is 2.07 bits per heavy atom. The summed E-state index contributed by atoms with van der Waals surface area (Å²) in [6.07, 6.45) is -4.12. The fraction of sp³-hybridized carbons (Fsp3) is 0.619. The van der Waals surface area contributed by atoms with Gasteiger partial charge in [0.15, 0.2) is 11.9 Å². The molecule has 1 amide bonds. The van der Waals surface area contributed by atoms with E-state index in [1.165, 1.54) is 13.8 Å². The van der Waals surface area contributed by atoms with Gasteiger partial charge >= 0.3 is 5.97 Å². The number of hydrogen-bond donors (Lipinski definition) is 2. The van der Waals surface area contributed by atoms with E-state index in [1.54, 1.807) is 19.9 Å². The molecule has 0 aromatic heterocycles. The Morgan fingerprint density at radius 1 is 1.33 bits per heavy atom. The minimum Gasteiger partial charge on any atom is -0.479 e. The lowest BCUT2D eigenvalue weighted by atomic mass is 9.94. The second-order valence-corrected chi connectivity index (χ2v) is 8.08. The summed E-state index contributed by atoms with van der Waals surface area (Å²) in [7, 11) is 0. The molecule has 2 saturated heterocycles. The Kier molecular flexibility index (Phi) is 6.66. The Balaban J connectivity index is 1.94. The first-order valence-corrected chi connectivity index (χ1v) is 9.91. The number of benzene rings is 1. The lowest BCUT2D eigenvalue weighted by Gasteiger charge is -2.51. The van der Waals surface area contributed by atoms with Crippen LogP contribution in [0, 0.1) is 6.92 Å². The van der Waals surface area contributed by atoms with Gasteiger partial charge in [0.2, 0.25) is 12.2 Å². The molecule has 2 aliphatic rings. The monoisotopic (exact) mass is 423 g/mol. The van der Waals surface area contributed by atoms with E-state index in [2.05, 4.69) is 5.32 Å². The van der Waals surface area contributed by atoms with Gasteiger partial charge in [0, 0.05) is 6.92 Å². The van der Waals surface area contributed by atoms with Crippen LogP contribution in [-0.4, -0.2) is 66.1 Å². The minimum absolute atomic E-state index is 0.208. The van der Waals surface area contributed by atoms with Crippen molar-refractivity contribution in [3.8, 4) is 5.75 Å². The zero-order chi connectivity index (χ0) is 22.1. The molecule has 0 spiro atoms. The second-order valence-electron chi connectivity index (χ2n) is 8.08. The third kappa shape index (κ3) is 5.28. The average Bonchev–Trinajstić information content (AvgIpc) is 2.64. The van der Waals surface area contributed by atoms with Gasteiger partial charge in [-0.05, 0) is 45.4 Å². The van der Waals surface area contributed by atoms with Crippen LogP contribution in [0.2, 0.25) is 0 Å². The van der Waals surface area contributed by atoms with Crippen LogP contribution in [0.4, 0.5) is 0 Å². The molecule has 2 aliphatic heterocycles. The molecule has 2 fully saturated rings. The van der Waals surface area contributed by atoms with Gasteiger partial charge in [-0.25, -0.2) is 4.79 Å². The average molecular weight is 423 g/mol.